The van der Waals surface area contributed by atoms with Crippen molar-refractivity contribution in [3.05, 3.63) is 23.3 Å². The van der Waals surface area contributed by atoms with Crippen LogP contribution in [0.5, 0.6) is 0 Å². The maximum absolute atomic E-state index is 12.2. The van der Waals surface area contributed by atoms with Crippen LogP contribution in [-0.4, -0.2) is 33.3 Å². The number of anilines is 1. The molecule has 0 fully saturated rings. The van der Waals surface area contributed by atoms with Crippen LogP contribution < -0.4 is 10.6 Å². The molecule has 2 rings (SSSR count). The van der Waals surface area contributed by atoms with Gasteiger partial charge in [0, 0.05) is 19.1 Å². The van der Waals surface area contributed by atoms with Crippen LogP contribution in [0.1, 0.15) is 18.1 Å². The highest BCUT2D eigenvalue weighted by atomic mass is 32.2. The Morgan fingerprint density at radius 2 is 2.06 bits per heavy atom. The smallest absolute Gasteiger partial charge is 0.182 e. The van der Waals surface area contributed by atoms with Gasteiger partial charge in [0.05, 0.1) is 16.3 Å². The highest BCUT2D eigenvalue weighted by Crippen LogP contribution is 2.35. The molecular weight excluding hydrogens is 248 g/mol. The number of hydrogen-bond donors (Lipinski definition) is 1. The maximum Gasteiger partial charge on any atom is 0.182 e. The van der Waals surface area contributed by atoms with Crippen LogP contribution in [0.3, 0.4) is 0 Å². The molecular formula is C13H20N2O2S. The quantitative estimate of drug-likeness (QED) is 0.876. The van der Waals surface area contributed by atoms with Crippen LogP contribution in [-0.2, 0) is 9.84 Å². The zero-order valence-corrected chi connectivity index (χ0v) is 11.9. The summed E-state index contributed by atoms with van der Waals surface area (Å²) in [6, 6.07) is 4.03. The van der Waals surface area contributed by atoms with Crippen LogP contribution in [0, 0.1) is 13.8 Å². The second-order valence-electron chi connectivity index (χ2n) is 5.03. The summed E-state index contributed by atoms with van der Waals surface area (Å²) in [6.45, 7) is 6.92. The standard InChI is InChI=1S/C13H20N2O2S/c1-9-6-10(2)13-12(7-9)15(11(3)8-14)4-5-18(13,16)17/h6-7,11H,4-5,8,14H2,1-3H3. The van der Waals surface area contributed by atoms with Gasteiger partial charge in [-0.1, -0.05) is 6.07 Å². The molecule has 0 saturated heterocycles. The van der Waals surface area contributed by atoms with E-state index in [9.17, 15) is 8.42 Å². The van der Waals surface area contributed by atoms with Crippen molar-refractivity contribution in [2.45, 2.75) is 31.7 Å². The maximum atomic E-state index is 12.2. The molecule has 5 heteroatoms. The molecule has 0 radical (unpaired) electrons. The van der Waals surface area contributed by atoms with Gasteiger partial charge in [-0.25, -0.2) is 8.42 Å². The van der Waals surface area contributed by atoms with Crippen molar-refractivity contribution in [2.75, 3.05) is 23.7 Å². The van der Waals surface area contributed by atoms with Crippen molar-refractivity contribution >= 4 is 15.5 Å². The molecule has 1 aliphatic heterocycles. The number of hydrogen-bond acceptors (Lipinski definition) is 4. The van der Waals surface area contributed by atoms with Gasteiger partial charge >= 0.3 is 0 Å². The van der Waals surface area contributed by atoms with Gasteiger partial charge in [-0.3, -0.25) is 0 Å². The van der Waals surface area contributed by atoms with Crippen LogP contribution in [0.2, 0.25) is 0 Å². The second kappa shape index (κ2) is 4.55. The third-order valence-corrected chi connectivity index (χ3v) is 5.37. The minimum atomic E-state index is -3.15. The Morgan fingerprint density at radius 3 is 2.67 bits per heavy atom. The lowest BCUT2D eigenvalue weighted by atomic mass is 10.1. The molecule has 0 spiro atoms. The molecule has 1 atom stereocenters. The first-order valence-corrected chi connectivity index (χ1v) is 7.82. The molecule has 0 aliphatic carbocycles. The Bertz CT molecular complexity index is 567. The van der Waals surface area contributed by atoms with Crippen LogP contribution in [0.25, 0.3) is 0 Å². The fourth-order valence-corrected chi connectivity index (χ4v) is 4.26. The van der Waals surface area contributed by atoms with Crippen molar-refractivity contribution in [2.24, 2.45) is 5.73 Å². The van der Waals surface area contributed by atoms with Gasteiger partial charge < -0.3 is 10.6 Å². The zero-order chi connectivity index (χ0) is 13.5. The van der Waals surface area contributed by atoms with E-state index < -0.39 is 9.84 Å². The Kier molecular flexibility index (Phi) is 3.38. The molecule has 4 nitrogen and oxygen atoms in total. The summed E-state index contributed by atoms with van der Waals surface area (Å²) in [6.07, 6.45) is 0. The molecule has 1 aliphatic rings. The number of nitrogens with zero attached hydrogens (tertiary/aromatic N) is 1. The molecule has 0 aromatic heterocycles. The Morgan fingerprint density at radius 1 is 1.39 bits per heavy atom. The van der Waals surface area contributed by atoms with Crippen LogP contribution in [0.4, 0.5) is 5.69 Å². The number of benzene rings is 1. The average molecular weight is 268 g/mol. The Hall–Kier alpha value is -1.07. The monoisotopic (exact) mass is 268 g/mol. The van der Waals surface area contributed by atoms with E-state index in [1.165, 1.54) is 0 Å². The van der Waals surface area contributed by atoms with Crippen molar-refractivity contribution < 1.29 is 8.42 Å². The summed E-state index contributed by atoms with van der Waals surface area (Å²) < 4.78 is 24.4. The fraction of sp³-hybridized carbons (Fsp3) is 0.538. The van der Waals surface area contributed by atoms with Crippen LogP contribution >= 0.6 is 0 Å². The number of sulfone groups is 1. The molecule has 1 aromatic carbocycles. The van der Waals surface area contributed by atoms with Crippen molar-refractivity contribution in [3.8, 4) is 0 Å². The number of nitrogens with two attached hydrogens (primary N) is 1. The number of aryl methyl sites for hydroxylation is 2. The summed E-state index contributed by atoms with van der Waals surface area (Å²) in [7, 11) is -3.15. The topological polar surface area (TPSA) is 63.4 Å². The summed E-state index contributed by atoms with van der Waals surface area (Å²) in [5, 5.41) is 0. The SMILES string of the molecule is Cc1cc(C)c2c(c1)N(C(C)CN)CCS2(=O)=O. The van der Waals surface area contributed by atoms with E-state index in [1.54, 1.807) is 0 Å². The molecule has 1 aromatic rings. The molecule has 1 unspecified atom stereocenters. The van der Waals surface area contributed by atoms with E-state index in [1.807, 2.05) is 32.9 Å². The lowest BCUT2D eigenvalue weighted by Gasteiger charge is -2.36. The van der Waals surface area contributed by atoms with Gasteiger partial charge in [-0.05, 0) is 38.0 Å². The Labute approximate surface area is 109 Å². The van der Waals surface area contributed by atoms with Gasteiger partial charge in [0.25, 0.3) is 0 Å². The van der Waals surface area contributed by atoms with Gasteiger partial charge in [-0.15, -0.1) is 0 Å². The predicted octanol–water partition coefficient (Wildman–Crippen LogP) is 1.24. The van der Waals surface area contributed by atoms with Gasteiger partial charge in [0.15, 0.2) is 9.84 Å². The fourth-order valence-electron chi connectivity index (χ4n) is 2.58. The number of rotatable bonds is 2. The first-order valence-electron chi connectivity index (χ1n) is 6.17. The minimum Gasteiger partial charge on any atom is -0.365 e. The van der Waals surface area contributed by atoms with E-state index in [2.05, 4.69) is 4.90 Å². The molecule has 100 valence electrons. The first-order chi connectivity index (χ1) is 8.36. The second-order valence-corrected chi connectivity index (χ2v) is 7.07. The van der Waals surface area contributed by atoms with Gasteiger partial charge in [0.1, 0.15) is 0 Å². The van der Waals surface area contributed by atoms with Crippen molar-refractivity contribution in [1.29, 1.82) is 0 Å². The van der Waals surface area contributed by atoms with E-state index in [0.29, 0.717) is 18.0 Å². The highest BCUT2D eigenvalue weighted by Gasteiger charge is 2.31. The van der Waals surface area contributed by atoms with E-state index >= 15 is 0 Å². The molecule has 0 bridgehead atoms. The lowest BCUT2D eigenvalue weighted by molar-refractivity contribution is 0.578. The molecule has 2 N–H and O–H groups in total. The molecule has 0 saturated carbocycles. The van der Waals surface area contributed by atoms with Gasteiger partial charge in [0.2, 0.25) is 0 Å². The predicted molar refractivity (Wildman–Crippen MR) is 73.8 cm³/mol. The van der Waals surface area contributed by atoms with Crippen molar-refractivity contribution in [1.82, 2.24) is 0 Å². The van der Waals surface area contributed by atoms with E-state index in [0.717, 1.165) is 16.8 Å². The summed E-state index contributed by atoms with van der Waals surface area (Å²) in [4.78, 5) is 2.59. The Balaban J connectivity index is 2.66. The zero-order valence-electron chi connectivity index (χ0n) is 11.1. The molecule has 1 heterocycles. The highest BCUT2D eigenvalue weighted by molar-refractivity contribution is 7.91. The third kappa shape index (κ3) is 2.12. The summed E-state index contributed by atoms with van der Waals surface area (Å²) >= 11 is 0. The van der Waals surface area contributed by atoms with E-state index in [-0.39, 0.29) is 11.8 Å². The average Bonchev–Trinajstić information content (AvgIpc) is 2.26. The third-order valence-electron chi connectivity index (χ3n) is 3.49. The van der Waals surface area contributed by atoms with Gasteiger partial charge in [-0.2, -0.15) is 0 Å². The summed E-state index contributed by atoms with van der Waals surface area (Å²) in [5.41, 5.74) is 8.44. The summed E-state index contributed by atoms with van der Waals surface area (Å²) in [5.74, 6) is 0.175. The first kappa shape index (κ1) is 13.4. The molecule has 0 amide bonds. The normalized spacial score (nSPS) is 19.4. The van der Waals surface area contributed by atoms with Crippen molar-refractivity contribution in [3.63, 3.8) is 0 Å². The largest absolute Gasteiger partial charge is 0.365 e. The van der Waals surface area contributed by atoms with E-state index in [4.69, 9.17) is 5.73 Å². The molecule has 18 heavy (non-hydrogen) atoms. The van der Waals surface area contributed by atoms with Crippen LogP contribution in [0.15, 0.2) is 17.0 Å². The lowest BCUT2D eigenvalue weighted by Crippen LogP contribution is -2.44. The minimum absolute atomic E-state index is 0.153. The number of fused-ring (bicyclic) bond motifs is 1.